The van der Waals surface area contributed by atoms with Crippen molar-refractivity contribution in [1.29, 1.82) is 0 Å². The number of hydrogen-bond acceptors (Lipinski definition) is 2. The van der Waals surface area contributed by atoms with Gasteiger partial charge in [0, 0.05) is 24.4 Å². The summed E-state index contributed by atoms with van der Waals surface area (Å²) in [6.07, 6.45) is 11.5. The largest absolute Gasteiger partial charge is 0.349 e. The van der Waals surface area contributed by atoms with Gasteiger partial charge in [-0.15, -0.1) is 0 Å². The first-order valence-electron chi connectivity index (χ1n) is 14.7. The van der Waals surface area contributed by atoms with Gasteiger partial charge in [-0.05, 0) is 85.3 Å². The molecule has 1 heterocycles. The molecule has 2 aromatic carbocycles. The van der Waals surface area contributed by atoms with Gasteiger partial charge >= 0.3 is 0 Å². The second-order valence-corrected chi connectivity index (χ2v) is 13.0. The molecule has 3 unspecified atom stereocenters. The summed E-state index contributed by atoms with van der Waals surface area (Å²) in [5.41, 5.74) is 2.50. The van der Waals surface area contributed by atoms with E-state index in [1.165, 1.54) is 17.5 Å². The van der Waals surface area contributed by atoms with Crippen molar-refractivity contribution in [3.63, 3.8) is 0 Å². The highest BCUT2D eigenvalue weighted by Crippen LogP contribution is 2.65. The quantitative estimate of drug-likeness (QED) is 0.510. The second kappa shape index (κ2) is 9.70. The average Bonchev–Trinajstić information content (AvgIpc) is 3.29. The molecule has 200 valence electrons. The summed E-state index contributed by atoms with van der Waals surface area (Å²) in [6, 6.07) is 21.2. The van der Waals surface area contributed by atoms with Gasteiger partial charge in [0.2, 0.25) is 11.8 Å². The summed E-state index contributed by atoms with van der Waals surface area (Å²) in [6.45, 7) is 4.81. The van der Waals surface area contributed by atoms with Gasteiger partial charge in [-0.25, -0.2) is 0 Å². The lowest BCUT2D eigenvalue weighted by Gasteiger charge is -2.60. The molecule has 1 N–H and O–H groups in total. The Morgan fingerprint density at radius 2 is 1.66 bits per heavy atom. The Kier molecular flexibility index (Phi) is 6.48. The molecular formula is C34H42N2O2. The number of carbonyl (C=O) groups is 2. The van der Waals surface area contributed by atoms with E-state index in [0.29, 0.717) is 23.8 Å². The highest BCUT2D eigenvalue weighted by atomic mass is 16.2. The van der Waals surface area contributed by atoms with E-state index in [2.05, 4.69) is 73.8 Å². The van der Waals surface area contributed by atoms with Crippen molar-refractivity contribution < 1.29 is 9.59 Å². The molecule has 0 saturated heterocycles. The minimum atomic E-state index is -0.0279. The molecule has 0 aromatic heterocycles. The van der Waals surface area contributed by atoms with Gasteiger partial charge < -0.3 is 10.2 Å². The predicted octanol–water partition coefficient (Wildman–Crippen LogP) is 6.34. The van der Waals surface area contributed by atoms with Crippen LogP contribution in [0.15, 0.2) is 72.8 Å². The monoisotopic (exact) mass is 510 g/mol. The van der Waals surface area contributed by atoms with Crippen LogP contribution in [0, 0.1) is 34.5 Å². The molecule has 1 aliphatic heterocycles. The molecule has 38 heavy (non-hydrogen) atoms. The number of benzene rings is 2. The van der Waals surface area contributed by atoms with Gasteiger partial charge in [0.15, 0.2) is 0 Å². The second-order valence-electron chi connectivity index (χ2n) is 13.0. The van der Waals surface area contributed by atoms with Crippen molar-refractivity contribution in [2.75, 3.05) is 7.05 Å². The SMILES string of the molecule is CN1C(=O)C=C[C@@]2(C)C1CC[C@@H]1[C@H]2CC[C@]2(C)C(C(=O)NC(Cc3ccccc3)c3ccccc3)CC[C@@H]12. The number of likely N-dealkylation sites (N-methyl/N-ethyl adjacent to an activating group) is 1. The molecule has 4 aliphatic rings. The topological polar surface area (TPSA) is 49.4 Å². The highest BCUT2D eigenvalue weighted by Gasteiger charge is 2.61. The maximum Gasteiger partial charge on any atom is 0.246 e. The highest BCUT2D eigenvalue weighted by molar-refractivity contribution is 5.89. The number of nitrogens with one attached hydrogen (secondary N) is 1. The Labute approximate surface area is 227 Å². The summed E-state index contributed by atoms with van der Waals surface area (Å²) < 4.78 is 0. The van der Waals surface area contributed by atoms with Gasteiger partial charge in [0.1, 0.15) is 0 Å². The van der Waals surface area contributed by atoms with Crippen molar-refractivity contribution in [2.24, 2.45) is 34.5 Å². The zero-order valence-corrected chi connectivity index (χ0v) is 23.1. The summed E-state index contributed by atoms with van der Waals surface area (Å²) in [5, 5.41) is 3.52. The van der Waals surface area contributed by atoms with Gasteiger partial charge in [-0.1, -0.05) is 80.6 Å². The van der Waals surface area contributed by atoms with Crippen LogP contribution in [0.5, 0.6) is 0 Å². The molecule has 6 rings (SSSR count). The van der Waals surface area contributed by atoms with Gasteiger partial charge in [0.25, 0.3) is 0 Å². The number of hydrogen-bond donors (Lipinski definition) is 1. The molecule has 0 radical (unpaired) electrons. The third-order valence-corrected chi connectivity index (χ3v) is 11.2. The maximum atomic E-state index is 14.0. The fourth-order valence-electron chi connectivity index (χ4n) is 9.23. The van der Waals surface area contributed by atoms with E-state index in [0.717, 1.165) is 38.5 Å². The molecule has 0 spiro atoms. The molecule has 3 fully saturated rings. The summed E-state index contributed by atoms with van der Waals surface area (Å²) in [4.78, 5) is 28.4. The van der Waals surface area contributed by atoms with Crippen LogP contribution in [0.25, 0.3) is 0 Å². The van der Waals surface area contributed by atoms with E-state index >= 15 is 0 Å². The Hall–Kier alpha value is -2.88. The molecule has 2 aromatic rings. The molecule has 2 amide bonds. The minimum Gasteiger partial charge on any atom is -0.349 e. The average molecular weight is 511 g/mol. The zero-order valence-electron chi connectivity index (χ0n) is 23.1. The summed E-state index contributed by atoms with van der Waals surface area (Å²) in [5.74, 6) is 2.24. The maximum absolute atomic E-state index is 14.0. The Morgan fingerprint density at radius 3 is 2.39 bits per heavy atom. The van der Waals surface area contributed by atoms with E-state index in [-0.39, 0.29) is 34.6 Å². The van der Waals surface area contributed by atoms with Gasteiger partial charge in [-0.2, -0.15) is 0 Å². The number of nitrogens with zero attached hydrogens (tertiary/aromatic N) is 1. The fourth-order valence-corrected chi connectivity index (χ4v) is 9.23. The molecule has 0 bridgehead atoms. The normalized spacial score (nSPS) is 36.7. The van der Waals surface area contributed by atoms with Crippen LogP contribution in [-0.2, 0) is 16.0 Å². The fraction of sp³-hybridized carbons (Fsp3) is 0.529. The lowest BCUT2D eigenvalue weighted by Crippen LogP contribution is -2.60. The molecule has 4 heteroatoms. The smallest absolute Gasteiger partial charge is 0.246 e. The Bertz CT molecular complexity index is 1210. The van der Waals surface area contributed by atoms with Gasteiger partial charge in [-0.3, -0.25) is 9.59 Å². The number of carbonyl (C=O) groups excluding carboxylic acids is 2. The predicted molar refractivity (Wildman–Crippen MR) is 151 cm³/mol. The Morgan fingerprint density at radius 1 is 0.947 bits per heavy atom. The van der Waals surface area contributed by atoms with Crippen molar-refractivity contribution in [2.45, 2.75) is 70.9 Å². The van der Waals surface area contributed by atoms with E-state index in [4.69, 9.17) is 0 Å². The van der Waals surface area contributed by atoms with E-state index in [9.17, 15) is 9.59 Å². The van der Waals surface area contributed by atoms with Crippen molar-refractivity contribution >= 4 is 11.8 Å². The first-order valence-corrected chi connectivity index (χ1v) is 14.7. The van der Waals surface area contributed by atoms with Crippen molar-refractivity contribution in [1.82, 2.24) is 10.2 Å². The Balaban J connectivity index is 1.22. The molecule has 8 atom stereocenters. The lowest BCUT2D eigenvalue weighted by molar-refractivity contribution is -0.142. The van der Waals surface area contributed by atoms with E-state index in [1.54, 1.807) is 0 Å². The van der Waals surface area contributed by atoms with Crippen LogP contribution in [-0.4, -0.2) is 29.8 Å². The van der Waals surface area contributed by atoms with Gasteiger partial charge in [0.05, 0.1) is 6.04 Å². The third kappa shape index (κ3) is 4.12. The molecule has 3 saturated carbocycles. The first kappa shape index (κ1) is 25.4. The summed E-state index contributed by atoms with van der Waals surface area (Å²) >= 11 is 0. The number of amides is 2. The number of fused-ring (bicyclic) bond motifs is 5. The molecule has 3 aliphatic carbocycles. The molecule has 4 nitrogen and oxygen atoms in total. The standard InChI is InChI=1S/C34H42N2O2/c1-33-20-18-27-25(14-17-30-34(27,2)21-19-31(37)36(30)3)26(33)15-16-28(33)32(38)35-29(24-12-8-5-9-13-24)22-23-10-6-4-7-11-23/h4-13,19,21,25-30H,14-18,20,22H2,1-3H3,(H,35,38)/t25-,26-,27+,28?,29?,30?,33-,34+/m0/s1. The number of rotatable bonds is 5. The van der Waals surface area contributed by atoms with Crippen LogP contribution >= 0.6 is 0 Å². The van der Waals surface area contributed by atoms with Crippen LogP contribution < -0.4 is 5.32 Å². The van der Waals surface area contributed by atoms with E-state index in [1.807, 2.05) is 30.2 Å². The van der Waals surface area contributed by atoms with Crippen molar-refractivity contribution in [3.8, 4) is 0 Å². The van der Waals surface area contributed by atoms with Crippen LogP contribution in [0.4, 0.5) is 0 Å². The lowest BCUT2D eigenvalue weighted by atomic mass is 9.47. The molecular weight excluding hydrogens is 468 g/mol. The van der Waals surface area contributed by atoms with Crippen LogP contribution in [0.2, 0.25) is 0 Å². The third-order valence-electron chi connectivity index (χ3n) is 11.2. The first-order chi connectivity index (χ1) is 18.3. The van der Waals surface area contributed by atoms with Crippen LogP contribution in [0.3, 0.4) is 0 Å². The van der Waals surface area contributed by atoms with Crippen molar-refractivity contribution in [3.05, 3.63) is 83.9 Å². The summed E-state index contributed by atoms with van der Waals surface area (Å²) in [7, 11) is 1.98. The van der Waals surface area contributed by atoms with Crippen LogP contribution in [0.1, 0.15) is 69.5 Å². The zero-order chi connectivity index (χ0) is 26.5. The van der Waals surface area contributed by atoms with E-state index < -0.39 is 0 Å². The minimum absolute atomic E-state index is 0.0279.